The van der Waals surface area contributed by atoms with Gasteiger partial charge in [-0.1, -0.05) is 0 Å². The van der Waals surface area contributed by atoms with E-state index >= 15 is 0 Å². The molecule has 0 atom stereocenters. The van der Waals surface area contributed by atoms with Crippen LogP contribution in [0.15, 0.2) is 41.2 Å². The summed E-state index contributed by atoms with van der Waals surface area (Å²) in [4.78, 5) is 34.6. The van der Waals surface area contributed by atoms with E-state index in [1.165, 1.54) is 36.4 Å². The minimum atomic E-state index is -1.31. The lowest BCUT2D eigenvalue weighted by molar-refractivity contribution is -0.384. The molecule has 1 aromatic heterocycles. The van der Waals surface area contributed by atoms with E-state index in [4.69, 9.17) is 5.11 Å². The minimum Gasteiger partial charge on any atom is -0.477 e. The third-order valence-electron chi connectivity index (χ3n) is 2.53. The zero-order valence-corrected chi connectivity index (χ0v) is 9.49. The molecule has 7 heteroatoms. The smallest absolute Gasteiger partial charge is 0.341 e. The van der Waals surface area contributed by atoms with Crippen LogP contribution in [0.4, 0.5) is 5.69 Å². The van der Waals surface area contributed by atoms with Crippen molar-refractivity contribution in [2.75, 3.05) is 0 Å². The zero-order chi connectivity index (χ0) is 14.0. The molecule has 0 aliphatic heterocycles. The summed E-state index contributed by atoms with van der Waals surface area (Å²) >= 11 is 0. The van der Waals surface area contributed by atoms with Crippen molar-refractivity contribution in [1.82, 2.24) is 4.98 Å². The highest BCUT2D eigenvalue weighted by molar-refractivity contribution is 5.87. The number of nitro groups is 1. The molecule has 96 valence electrons. The van der Waals surface area contributed by atoms with Crippen LogP contribution >= 0.6 is 0 Å². The van der Waals surface area contributed by atoms with E-state index in [1.807, 2.05) is 0 Å². The Bertz CT molecular complexity index is 703. The van der Waals surface area contributed by atoms with E-state index in [0.717, 1.165) is 0 Å². The van der Waals surface area contributed by atoms with Crippen LogP contribution in [0.2, 0.25) is 0 Å². The second kappa shape index (κ2) is 4.73. The minimum absolute atomic E-state index is 0.0618. The van der Waals surface area contributed by atoms with Crippen molar-refractivity contribution in [3.63, 3.8) is 0 Å². The number of carboxylic acid groups (broad SMARTS) is 1. The van der Waals surface area contributed by atoms with Crippen LogP contribution in [-0.2, 0) is 0 Å². The molecule has 7 nitrogen and oxygen atoms in total. The standard InChI is InChI=1S/C12H8N2O5/c15-11-9(12(16)17)5-6-10(13-11)7-1-3-8(4-2-7)14(18)19/h1-6H,(H,13,15)(H,16,17). The molecule has 2 aromatic rings. The quantitative estimate of drug-likeness (QED) is 0.643. The number of aromatic amines is 1. The van der Waals surface area contributed by atoms with Crippen LogP contribution < -0.4 is 5.56 Å². The van der Waals surface area contributed by atoms with E-state index < -0.39 is 16.5 Å². The summed E-state index contributed by atoms with van der Waals surface area (Å²) in [6.45, 7) is 0. The van der Waals surface area contributed by atoms with E-state index in [0.29, 0.717) is 11.3 Å². The highest BCUT2D eigenvalue weighted by Gasteiger charge is 2.10. The number of nitro benzene ring substituents is 1. The van der Waals surface area contributed by atoms with Gasteiger partial charge in [-0.3, -0.25) is 14.9 Å². The molecule has 2 N–H and O–H groups in total. The number of H-pyrrole nitrogens is 1. The lowest BCUT2D eigenvalue weighted by Crippen LogP contribution is -2.17. The van der Waals surface area contributed by atoms with Gasteiger partial charge in [0.25, 0.3) is 11.2 Å². The molecule has 19 heavy (non-hydrogen) atoms. The number of carbonyl (C=O) groups is 1. The molecule has 2 rings (SSSR count). The van der Waals surface area contributed by atoms with Gasteiger partial charge >= 0.3 is 5.97 Å². The number of pyridine rings is 1. The molecule has 0 radical (unpaired) electrons. The summed E-state index contributed by atoms with van der Waals surface area (Å²) in [6.07, 6.45) is 0. The molecule has 0 unspecified atom stereocenters. The van der Waals surface area contributed by atoms with Crippen LogP contribution in [0.1, 0.15) is 10.4 Å². The number of carboxylic acids is 1. The molecule has 0 saturated heterocycles. The third kappa shape index (κ3) is 2.49. The monoisotopic (exact) mass is 260 g/mol. The lowest BCUT2D eigenvalue weighted by atomic mass is 10.1. The van der Waals surface area contributed by atoms with Crippen molar-refractivity contribution in [3.05, 3.63) is 62.4 Å². The van der Waals surface area contributed by atoms with Crippen LogP contribution in [0.25, 0.3) is 11.3 Å². The molecule has 0 aliphatic rings. The molecular weight excluding hydrogens is 252 g/mol. The first-order chi connectivity index (χ1) is 8.99. The average Bonchev–Trinajstić information content (AvgIpc) is 2.38. The van der Waals surface area contributed by atoms with Crippen LogP contribution in [-0.4, -0.2) is 21.0 Å². The van der Waals surface area contributed by atoms with Crippen molar-refractivity contribution >= 4 is 11.7 Å². The Hall–Kier alpha value is -2.96. The average molecular weight is 260 g/mol. The SMILES string of the molecule is O=C(O)c1ccc(-c2ccc([N+](=O)[O-])cc2)[nH]c1=O. The van der Waals surface area contributed by atoms with Gasteiger partial charge in [-0.05, 0) is 29.8 Å². The van der Waals surface area contributed by atoms with Gasteiger partial charge in [0.05, 0.1) is 4.92 Å². The molecule has 0 amide bonds. The highest BCUT2D eigenvalue weighted by Crippen LogP contribution is 2.19. The fraction of sp³-hybridized carbons (Fsp3) is 0. The Morgan fingerprint density at radius 3 is 2.26 bits per heavy atom. The summed E-state index contributed by atoms with van der Waals surface area (Å²) in [6, 6.07) is 8.19. The number of hydrogen-bond donors (Lipinski definition) is 2. The molecule has 0 fully saturated rings. The molecule has 1 aromatic carbocycles. The lowest BCUT2D eigenvalue weighted by Gasteiger charge is -2.02. The van der Waals surface area contributed by atoms with Gasteiger partial charge < -0.3 is 10.1 Å². The number of non-ortho nitro benzene ring substituents is 1. The topological polar surface area (TPSA) is 113 Å². The second-order valence-corrected chi connectivity index (χ2v) is 3.72. The summed E-state index contributed by atoms with van der Waals surface area (Å²) in [7, 11) is 0. The number of rotatable bonds is 3. The van der Waals surface area contributed by atoms with Crippen molar-refractivity contribution < 1.29 is 14.8 Å². The Balaban J connectivity index is 2.42. The van der Waals surface area contributed by atoms with Gasteiger partial charge in [-0.15, -0.1) is 0 Å². The maximum atomic E-state index is 11.5. The highest BCUT2D eigenvalue weighted by atomic mass is 16.6. The van der Waals surface area contributed by atoms with Crippen LogP contribution in [0.3, 0.4) is 0 Å². The first-order valence-electron chi connectivity index (χ1n) is 5.20. The molecule has 1 heterocycles. The van der Waals surface area contributed by atoms with Gasteiger partial charge in [0.2, 0.25) is 0 Å². The maximum absolute atomic E-state index is 11.5. The second-order valence-electron chi connectivity index (χ2n) is 3.72. The van der Waals surface area contributed by atoms with E-state index in [-0.39, 0.29) is 11.3 Å². The Kier molecular flexibility index (Phi) is 3.11. The third-order valence-corrected chi connectivity index (χ3v) is 2.53. The Morgan fingerprint density at radius 2 is 1.79 bits per heavy atom. The fourth-order valence-electron chi connectivity index (χ4n) is 1.57. The largest absolute Gasteiger partial charge is 0.477 e. The van der Waals surface area contributed by atoms with Gasteiger partial charge in [-0.25, -0.2) is 4.79 Å². The normalized spacial score (nSPS) is 10.1. The fourth-order valence-corrected chi connectivity index (χ4v) is 1.57. The molecule has 0 aliphatic carbocycles. The number of aromatic carboxylic acids is 1. The summed E-state index contributed by atoms with van der Waals surface area (Å²) in [5.74, 6) is -1.31. The number of benzene rings is 1. The first-order valence-corrected chi connectivity index (χ1v) is 5.20. The summed E-state index contributed by atoms with van der Waals surface area (Å²) in [5, 5.41) is 19.2. The number of nitrogens with one attached hydrogen (secondary N) is 1. The van der Waals surface area contributed by atoms with Gasteiger partial charge in [0, 0.05) is 17.8 Å². The van der Waals surface area contributed by atoms with E-state index in [2.05, 4.69) is 4.98 Å². The summed E-state index contributed by atoms with van der Waals surface area (Å²) < 4.78 is 0. The maximum Gasteiger partial charge on any atom is 0.341 e. The van der Waals surface area contributed by atoms with Crippen molar-refractivity contribution in [3.8, 4) is 11.3 Å². The van der Waals surface area contributed by atoms with E-state index in [1.54, 1.807) is 0 Å². The van der Waals surface area contributed by atoms with Crippen molar-refractivity contribution in [2.45, 2.75) is 0 Å². The zero-order valence-electron chi connectivity index (χ0n) is 9.49. The van der Waals surface area contributed by atoms with Gasteiger partial charge in [0.15, 0.2) is 0 Å². The predicted molar refractivity (Wildman–Crippen MR) is 66.1 cm³/mol. The molecule has 0 bridgehead atoms. The van der Waals surface area contributed by atoms with E-state index in [9.17, 15) is 19.7 Å². The molecule has 0 spiro atoms. The van der Waals surface area contributed by atoms with Crippen molar-refractivity contribution in [2.24, 2.45) is 0 Å². The van der Waals surface area contributed by atoms with Crippen molar-refractivity contribution in [1.29, 1.82) is 0 Å². The van der Waals surface area contributed by atoms with Gasteiger partial charge in [-0.2, -0.15) is 0 Å². The van der Waals surface area contributed by atoms with Crippen LogP contribution in [0.5, 0.6) is 0 Å². The van der Waals surface area contributed by atoms with Crippen LogP contribution in [0, 0.1) is 10.1 Å². The number of hydrogen-bond acceptors (Lipinski definition) is 4. The van der Waals surface area contributed by atoms with Gasteiger partial charge in [0.1, 0.15) is 5.56 Å². The Morgan fingerprint density at radius 1 is 1.16 bits per heavy atom. The number of aromatic nitrogens is 1. The Labute approximate surface area is 106 Å². The number of nitrogens with zero attached hydrogens (tertiary/aromatic N) is 1. The molecular formula is C12H8N2O5. The predicted octanol–water partition coefficient (Wildman–Crippen LogP) is 1.65. The molecule has 0 saturated carbocycles. The first kappa shape index (κ1) is 12.5. The summed E-state index contributed by atoms with van der Waals surface area (Å²) in [5.41, 5.74) is -0.188.